The van der Waals surface area contributed by atoms with Crippen molar-refractivity contribution in [2.24, 2.45) is 5.92 Å². The predicted octanol–water partition coefficient (Wildman–Crippen LogP) is 1.53. The zero-order chi connectivity index (χ0) is 8.27. The van der Waals surface area contributed by atoms with Crippen LogP contribution in [0.15, 0.2) is 0 Å². The zero-order valence-electron chi connectivity index (χ0n) is 7.09. The number of alkyl carbamates (subject to hydrolysis) is 1. The van der Waals surface area contributed by atoms with Crippen molar-refractivity contribution in [3.63, 3.8) is 0 Å². The quantitative estimate of drug-likeness (QED) is 0.627. The molecule has 0 aromatic rings. The van der Waals surface area contributed by atoms with Gasteiger partial charge in [-0.2, -0.15) is 0 Å². The third-order valence-corrected chi connectivity index (χ3v) is 2.25. The van der Waals surface area contributed by atoms with Crippen molar-refractivity contribution in [2.75, 3.05) is 7.05 Å². The fourth-order valence-electron chi connectivity index (χ4n) is 1.48. The molecule has 11 heavy (non-hydrogen) atoms. The van der Waals surface area contributed by atoms with Crippen molar-refractivity contribution < 1.29 is 9.53 Å². The average Bonchev–Trinajstić information content (AvgIpc) is 2.37. The molecule has 64 valence electrons. The standard InChI is InChI=1S/C8H15NO2/c1-6-4-3-5-7(6)11-8(10)9-2/h6-7H,3-5H2,1-2H3,(H,9,10)/t6-,7-/m0/s1. The number of amides is 1. The Morgan fingerprint density at radius 2 is 2.27 bits per heavy atom. The Labute approximate surface area is 67.1 Å². The van der Waals surface area contributed by atoms with Gasteiger partial charge in [0.25, 0.3) is 0 Å². The smallest absolute Gasteiger partial charge is 0.407 e. The molecule has 0 aliphatic heterocycles. The van der Waals surface area contributed by atoms with Gasteiger partial charge in [-0.1, -0.05) is 6.92 Å². The van der Waals surface area contributed by atoms with Crippen LogP contribution in [0.3, 0.4) is 0 Å². The molecule has 1 aliphatic rings. The second-order valence-corrected chi connectivity index (χ2v) is 3.10. The SMILES string of the molecule is CNC(=O)O[C@H]1CCC[C@@H]1C. The molecule has 0 saturated heterocycles. The number of nitrogens with one attached hydrogen (secondary N) is 1. The van der Waals surface area contributed by atoms with Gasteiger partial charge in [-0.3, -0.25) is 0 Å². The minimum Gasteiger partial charge on any atom is -0.446 e. The topological polar surface area (TPSA) is 38.3 Å². The third-order valence-electron chi connectivity index (χ3n) is 2.25. The lowest BCUT2D eigenvalue weighted by Gasteiger charge is -2.15. The highest BCUT2D eigenvalue weighted by molar-refractivity contribution is 5.66. The summed E-state index contributed by atoms with van der Waals surface area (Å²) < 4.78 is 5.12. The molecule has 3 heteroatoms. The molecule has 0 aromatic carbocycles. The molecule has 1 N–H and O–H groups in total. The Morgan fingerprint density at radius 3 is 2.73 bits per heavy atom. The van der Waals surface area contributed by atoms with Crippen LogP contribution in [-0.2, 0) is 4.74 Å². The van der Waals surface area contributed by atoms with Gasteiger partial charge in [0.15, 0.2) is 0 Å². The van der Waals surface area contributed by atoms with Crippen LogP contribution >= 0.6 is 0 Å². The number of carbonyl (C=O) groups is 1. The summed E-state index contributed by atoms with van der Waals surface area (Å²) in [6.07, 6.45) is 3.23. The first-order valence-electron chi connectivity index (χ1n) is 4.12. The molecular weight excluding hydrogens is 142 g/mol. The predicted molar refractivity (Wildman–Crippen MR) is 42.3 cm³/mol. The number of hydrogen-bond donors (Lipinski definition) is 1. The van der Waals surface area contributed by atoms with Crippen LogP contribution in [0.2, 0.25) is 0 Å². The summed E-state index contributed by atoms with van der Waals surface area (Å²) >= 11 is 0. The fourth-order valence-corrected chi connectivity index (χ4v) is 1.48. The maximum absolute atomic E-state index is 10.8. The molecule has 0 radical (unpaired) electrons. The molecule has 1 aliphatic carbocycles. The molecule has 0 spiro atoms. The number of carbonyl (C=O) groups excluding carboxylic acids is 1. The lowest BCUT2D eigenvalue weighted by Crippen LogP contribution is -2.27. The highest BCUT2D eigenvalue weighted by Gasteiger charge is 2.26. The van der Waals surface area contributed by atoms with E-state index in [2.05, 4.69) is 12.2 Å². The molecule has 1 saturated carbocycles. The molecule has 0 bridgehead atoms. The molecule has 1 fully saturated rings. The largest absolute Gasteiger partial charge is 0.446 e. The van der Waals surface area contributed by atoms with E-state index in [1.54, 1.807) is 7.05 Å². The molecule has 0 heterocycles. The summed E-state index contributed by atoms with van der Waals surface area (Å²) in [6.45, 7) is 2.13. The van der Waals surface area contributed by atoms with Crippen LogP contribution in [0.4, 0.5) is 4.79 Å². The van der Waals surface area contributed by atoms with Gasteiger partial charge in [-0.15, -0.1) is 0 Å². The van der Waals surface area contributed by atoms with Crippen LogP contribution in [0.1, 0.15) is 26.2 Å². The van der Waals surface area contributed by atoms with Gasteiger partial charge in [0.1, 0.15) is 6.10 Å². The second kappa shape index (κ2) is 3.60. The Hall–Kier alpha value is -0.730. The first-order chi connectivity index (χ1) is 5.24. The summed E-state index contributed by atoms with van der Waals surface area (Å²) in [5.74, 6) is 0.535. The highest BCUT2D eigenvalue weighted by Crippen LogP contribution is 2.27. The van der Waals surface area contributed by atoms with Crippen molar-refractivity contribution in [3.05, 3.63) is 0 Å². The van der Waals surface area contributed by atoms with E-state index < -0.39 is 0 Å². The van der Waals surface area contributed by atoms with Crippen LogP contribution in [0.5, 0.6) is 0 Å². The van der Waals surface area contributed by atoms with Crippen LogP contribution < -0.4 is 5.32 Å². The minimum atomic E-state index is -0.302. The van der Waals surface area contributed by atoms with Gasteiger partial charge in [-0.05, 0) is 25.2 Å². The second-order valence-electron chi connectivity index (χ2n) is 3.10. The fraction of sp³-hybridized carbons (Fsp3) is 0.875. The summed E-state index contributed by atoms with van der Waals surface area (Å²) in [5.41, 5.74) is 0. The molecule has 2 atom stereocenters. The Bertz CT molecular complexity index is 147. The van der Waals surface area contributed by atoms with Gasteiger partial charge in [0.05, 0.1) is 0 Å². The Kier molecular flexibility index (Phi) is 2.74. The van der Waals surface area contributed by atoms with E-state index in [0.29, 0.717) is 5.92 Å². The van der Waals surface area contributed by atoms with E-state index in [0.717, 1.165) is 6.42 Å². The molecule has 1 amide bonds. The van der Waals surface area contributed by atoms with E-state index in [1.807, 2.05) is 0 Å². The van der Waals surface area contributed by atoms with Crippen LogP contribution in [0.25, 0.3) is 0 Å². The van der Waals surface area contributed by atoms with Gasteiger partial charge in [-0.25, -0.2) is 4.79 Å². The summed E-state index contributed by atoms with van der Waals surface area (Å²) in [4.78, 5) is 10.8. The molecular formula is C8H15NO2. The first-order valence-corrected chi connectivity index (χ1v) is 4.12. The Morgan fingerprint density at radius 1 is 1.55 bits per heavy atom. The minimum absolute atomic E-state index is 0.148. The first kappa shape index (κ1) is 8.37. The molecule has 1 rings (SSSR count). The van der Waals surface area contributed by atoms with Crippen molar-refractivity contribution >= 4 is 6.09 Å². The molecule has 0 unspecified atom stereocenters. The van der Waals surface area contributed by atoms with E-state index in [4.69, 9.17) is 4.74 Å². The van der Waals surface area contributed by atoms with E-state index in [1.165, 1.54) is 12.8 Å². The number of rotatable bonds is 1. The van der Waals surface area contributed by atoms with Crippen molar-refractivity contribution in [2.45, 2.75) is 32.3 Å². The zero-order valence-corrected chi connectivity index (χ0v) is 7.09. The summed E-state index contributed by atoms with van der Waals surface area (Å²) in [6, 6.07) is 0. The van der Waals surface area contributed by atoms with E-state index >= 15 is 0 Å². The molecule has 3 nitrogen and oxygen atoms in total. The van der Waals surface area contributed by atoms with Crippen LogP contribution in [0, 0.1) is 5.92 Å². The van der Waals surface area contributed by atoms with Gasteiger partial charge in [0.2, 0.25) is 0 Å². The number of ether oxygens (including phenoxy) is 1. The van der Waals surface area contributed by atoms with Gasteiger partial charge in [0, 0.05) is 7.05 Å². The summed E-state index contributed by atoms with van der Waals surface area (Å²) in [7, 11) is 1.59. The van der Waals surface area contributed by atoms with Crippen molar-refractivity contribution in [1.82, 2.24) is 5.32 Å². The maximum atomic E-state index is 10.8. The average molecular weight is 157 g/mol. The van der Waals surface area contributed by atoms with Gasteiger partial charge >= 0.3 is 6.09 Å². The van der Waals surface area contributed by atoms with Crippen LogP contribution in [-0.4, -0.2) is 19.2 Å². The van der Waals surface area contributed by atoms with Crippen molar-refractivity contribution in [3.8, 4) is 0 Å². The lowest BCUT2D eigenvalue weighted by molar-refractivity contribution is 0.0817. The molecule has 0 aromatic heterocycles. The normalized spacial score (nSPS) is 30.0. The van der Waals surface area contributed by atoms with E-state index in [-0.39, 0.29) is 12.2 Å². The monoisotopic (exact) mass is 157 g/mol. The maximum Gasteiger partial charge on any atom is 0.407 e. The van der Waals surface area contributed by atoms with E-state index in [9.17, 15) is 4.79 Å². The summed E-state index contributed by atoms with van der Waals surface area (Å²) in [5, 5.41) is 2.45. The van der Waals surface area contributed by atoms with Gasteiger partial charge < -0.3 is 10.1 Å². The Balaban J connectivity index is 2.30. The van der Waals surface area contributed by atoms with Crippen molar-refractivity contribution in [1.29, 1.82) is 0 Å². The number of hydrogen-bond acceptors (Lipinski definition) is 2. The highest BCUT2D eigenvalue weighted by atomic mass is 16.6. The third kappa shape index (κ3) is 2.10. The lowest BCUT2D eigenvalue weighted by atomic mass is 10.1.